The van der Waals surface area contributed by atoms with Gasteiger partial charge < -0.3 is 9.30 Å². The van der Waals surface area contributed by atoms with Crippen LogP contribution in [0, 0.1) is 0 Å². The highest BCUT2D eigenvalue weighted by atomic mass is 16.6. The molecule has 1 heterocycles. The molecule has 0 spiro atoms. The Bertz CT molecular complexity index is 354. The minimum atomic E-state index is -0.491. The fraction of sp³-hybridized carbons (Fsp3) is 0.600. The predicted molar refractivity (Wildman–Crippen MR) is 59.4 cm³/mol. The first-order valence-electron chi connectivity index (χ1n) is 5.05. The molecule has 0 saturated carbocycles. The zero-order valence-electron chi connectivity index (χ0n) is 10.1. The SMILES string of the molecule is Cn1cncc1CNNC(=O)OC(C)(C)C. The van der Waals surface area contributed by atoms with Gasteiger partial charge >= 0.3 is 6.09 Å². The Morgan fingerprint density at radius 2 is 2.25 bits per heavy atom. The number of hydrazine groups is 1. The molecule has 0 aliphatic heterocycles. The first kappa shape index (κ1) is 12.5. The van der Waals surface area contributed by atoms with Crippen LogP contribution in [0.1, 0.15) is 26.5 Å². The van der Waals surface area contributed by atoms with Gasteiger partial charge in [-0.15, -0.1) is 0 Å². The molecule has 1 aromatic heterocycles. The van der Waals surface area contributed by atoms with Crippen molar-refractivity contribution in [2.24, 2.45) is 7.05 Å². The van der Waals surface area contributed by atoms with Crippen molar-refractivity contribution < 1.29 is 9.53 Å². The normalized spacial score (nSPS) is 11.2. The van der Waals surface area contributed by atoms with Crippen molar-refractivity contribution in [1.29, 1.82) is 0 Å². The smallest absolute Gasteiger partial charge is 0.422 e. The molecule has 6 heteroatoms. The van der Waals surface area contributed by atoms with Crippen LogP contribution in [0.25, 0.3) is 0 Å². The van der Waals surface area contributed by atoms with E-state index in [2.05, 4.69) is 15.8 Å². The fourth-order valence-corrected chi connectivity index (χ4v) is 1.07. The second-order valence-corrected chi connectivity index (χ2v) is 4.48. The first-order valence-corrected chi connectivity index (χ1v) is 5.05. The van der Waals surface area contributed by atoms with Crippen LogP contribution in [0.15, 0.2) is 12.5 Å². The molecule has 0 radical (unpaired) electrons. The quantitative estimate of drug-likeness (QED) is 0.753. The molecular weight excluding hydrogens is 208 g/mol. The van der Waals surface area contributed by atoms with Crippen LogP contribution in [-0.2, 0) is 18.3 Å². The van der Waals surface area contributed by atoms with Crippen LogP contribution in [0.2, 0.25) is 0 Å². The van der Waals surface area contributed by atoms with Gasteiger partial charge in [0.1, 0.15) is 5.60 Å². The molecule has 16 heavy (non-hydrogen) atoms. The summed E-state index contributed by atoms with van der Waals surface area (Å²) >= 11 is 0. The molecule has 0 saturated heterocycles. The van der Waals surface area contributed by atoms with Gasteiger partial charge in [-0.2, -0.15) is 0 Å². The Morgan fingerprint density at radius 3 is 2.75 bits per heavy atom. The van der Waals surface area contributed by atoms with Gasteiger partial charge in [-0.1, -0.05) is 0 Å². The van der Waals surface area contributed by atoms with E-state index in [0.717, 1.165) is 5.69 Å². The molecule has 0 unspecified atom stereocenters. The molecule has 0 atom stereocenters. The lowest BCUT2D eigenvalue weighted by molar-refractivity contribution is 0.0496. The molecule has 90 valence electrons. The lowest BCUT2D eigenvalue weighted by Crippen LogP contribution is -2.41. The van der Waals surface area contributed by atoms with Crippen LogP contribution in [0.5, 0.6) is 0 Å². The zero-order chi connectivity index (χ0) is 12.2. The molecule has 6 nitrogen and oxygen atoms in total. The van der Waals surface area contributed by atoms with E-state index >= 15 is 0 Å². The van der Waals surface area contributed by atoms with Crippen molar-refractivity contribution in [3.63, 3.8) is 0 Å². The summed E-state index contributed by atoms with van der Waals surface area (Å²) in [5.41, 5.74) is 5.70. The topological polar surface area (TPSA) is 68.2 Å². The summed E-state index contributed by atoms with van der Waals surface area (Å²) < 4.78 is 6.92. The molecule has 0 fully saturated rings. The van der Waals surface area contributed by atoms with Crippen LogP contribution in [0.4, 0.5) is 4.79 Å². The fourth-order valence-electron chi connectivity index (χ4n) is 1.07. The van der Waals surface area contributed by atoms with Crippen LogP contribution >= 0.6 is 0 Å². The van der Waals surface area contributed by atoms with Gasteiger partial charge in [0.25, 0.3) is 0 Å². The molecule has 0 aliphatic carbocycles. The third kappa shape index (κ3) is 4.31. The van der Waals surface area contributed by atoms with E-state index in [4.69, 9.17) is 4.74 Å². The number of hydrogen-bond acceptors (Lipinski definition) is 4. The lowest BCUT2D eigenvalue weighted by atomic mass is 10.2. The number of amides is 1. The maximum absolute atomic E-state index is 11.3. The summed E-state index contributed by atoms with van der Waals surface area (Å²) in [7, 11) is 1.89. The first-order chi connectivity index (χ1) is 7.38. The van der Waals surface area contributed by atoms with Crippen molar-refractivity contribution >= 4 is 6.09 Å². The van der Waals surface area contributed by atoms with Crippen LogP contribution in [0.3, 0.4) is 0 Å². The van der Waals surface area contributed by atoms with Gasteiger partial charge in [-0.05, 0) is 20.8 Å². The lowest BCUT2D eigenvalue weighted by Gasteiger charge is -2.19. The molecule has 0 bridgehead atoms. The average Bonchev–Trinajstić information content (AvgIpc) is 2.48. The molecule has 0 aromatic carbocycles. The number of carbonyl (C=O) groups is 1. The second-order valence-electron chi connectivity index (χ2n) is 4.48. The van der Waals surface area contributed by atoms with Crippen molar-refractivity contribution in [2.45, 2.75) is 32.9 Å². The number of aromatic nitrogens is 2. The van der Waals surface area contributed by atoms with Crippen LogP contribution < -0.4 is 10.9 Å². The van der Waals surface area contributed by atoms with Gasteiger partial charge in [0, 0.05) is 13.2 Å². The third-order valence-electron chi connectivity index (χ3n) is 1.78. The number of rotatable bonds is 3. The Kier molecular flexibility index (Phi) is 3.89. The van der Waals surface area contributed by atoms with Crippen molar-refractivity contribution in [1.82, 2.24) is 20.4 Å². The minimum Gasteiger partial charge on any atom is -0.443 e. The molecule has 2 N–H and O–H groups in total. The maximum Gasteiger partial charge on any atom is 0.422 e. The Hall–Kier alpha value is -1.56. The van der Waals surface area contributed by atoms with Crippen molar-refractivity contribution in [3.05, 3.63) is 18.2 Å². The molecule has 1 rings (SSSR count). The van der Waals surface area contributed by atoms with E-state index in [1.165, 1.54) is 0 Å². The molecule has 1 amide bonds. The number of ether oxygens (including phenoxy) is 1. The molecular formula is C10H18N4O2. The Morgan fingerprint density at radius 1 is 1.56 bits per heavy atom. The third-order valence-corrected chi connectivity index (χ3v) is 1.78. The summed E-state index contributed by atoms with van der Waals surface area (Å²) in [6.07, 6.45) is 2.93. The highest BCUT2D eigenvalue weighted by molar-refractivity contribution is 5.66. The number of carbonyl (C=O) groups excluding carboxylic acids is 1. The Labute approximate surface area is 95.0 Å². The van der Waals surface area contributed by atoms with Gasteiger partial charge in [0.2, 0.25) is 0 Å². The number of nitrogens with one attached hydrogen (secondary N) is 2. The summed E-state index contributed by atoms with van der Waals surface area (Å²) in [5, 5.41) is 0. The summed E-state index contributed by atoms with van der Waals surface area (Å²) in [6, 6.07) is 0. The van der Waals surface area contributed by atoms with Gasteiger partial charge in [0.05, 0.1) is 18.6 Å². The Balaban J connectivity index is 2.26. The van der Waals surface area contributed by atoms with E-state index in [1.54, 1.807) is 12.5 Å². The minimum absolute atomic E-state index is 0.488. The highest BCUT2D eigenvalue weighted by Gasteiger charge is 2.15. The largest absolute Gasteiger partial charge is 0.443 e. The summed E-state index contributed by atoms with van der Waals surface area (Å²) in [4.78, 5) is 15.2. The van der Waals surface area contributed by atoms with Gasteiger partial charge in [-0.25, -0.2) is 15.2 Å². The number of hydrogen-bond donors (Lipinski definition) is 2. The number of imidazole rings is 1. The number of aryl methyl sites for hydroxylation is 1. The van der Waals surface area contributed by atoms with E-state index in [-0.39, 0.29) is 0 Å². The predicted octanol–water partition coefficient (Wildman–Crippen LogP) is 0.949. The monoisotopic (exact) mass is 226 g/mol. The maximum atomic E-state index is 11.3. The van der Waals surface area contributed by atoms with Gasteiger partial charge in [-0.3, -0.25) is 5.43 Å². The van der Waals surface area contributed by atoms with E-state index in [1.807, 2.05) is 32.4 Å². The highest BCUT2D eigenvalue weighted by Crippen LogP contribution is 2.05. The van der Waals surface area contributed by atoms with Crippen molar-refractivity contribution in [2.75, 3.05) is 0 Å². The van der Waals surface area contributed by atoms with Gasteiger partial charge in [0.15, 0.2) is 0 Å². The summed E-state index contributed by atoms with van der Waals surface area (Å²) in [6.45, 7) is 5.94. The standard InChI is InChI=1S/C10H18N4O2/c1-10(2,3)16-9(15)13-12-6-8-5-11-7-14(8)4/h5,7,12H,6H2,1-4H3,(H,13,15). The van der Waals surface area contributed by atoms with E-state index in [0.29, 0.717) is 6.54 Å². The van der Waals surface area contributed by atoms with Crippen molar-refractivity contribution in [3.8, 4) is 0 Å². The van der Waals surface area contributed by atoms with E-state index < -0.39 is 11.7 Å². The average molecular weight is 226 g/mol. The van der Waals surface area contributed by atoms with E-state index in [9.17, 15) is 4.79 Å². The zero-order valence-corrected chi connectivity index (χ0v) is 10.1. The molecule has 1 aromatic rings. The van der Waals surface area contributed by atoms with Crippen LogP contribution in [-0.4, -0.2) is 21.2 Å². The molecule has 0 aliphatic rings. The second kappa shape index (κ2) is 4.98. The number of nitrogens with zero attached hydrogens (tertiary/aromatic N) is 2. The summed E-state index contributed by atoms with van der Waals surface area (Å²) in [5.74, 6) is 0.